The van der Waals surface area contributed by atoms with Crippen LogP contribution in [0.25, 0.3) is 0 Å². The first-order valence-corrected chi connectivity index (χ1v) is 6.98. The molecule has 8 heteroatoms. The highest BCUT2D eigenvalue weighted by molar-refractivity contribution is 7.20. The summed E-state index contributed by atoms with van der Waals surface area (Å²) in [5.41, 5.74) is -0.239. The molecule has 0 spiro atoms. The summed E-state index contributed by atoms with van der Waals surface area (Å²) in [7, 11) is 0. The minimum Gasteiger partial charge on any atom is -0.480 e. The lowest BCUT2D eigenvalue weighted by atomic mass is 9.95. The fourth-order valence-electron chi connectivity index (χ4n) is 1.89. The molecule has 0 aromatic carbocycles. The van der Waals surface area contributed by atoms with Gasteiger partial charge in [0.05, 0.1) is 23.0 Å². The van der Waals surface area contributed by atoms with Crippen LogP contribution in [0.4, 0.5) is 0 Å². The number of thiophene rings is 1. The highest BCUT2D eigenvalue weighted by Crippen LogP contribution is 2.34. The first-order valence-electron chi connectivity index (χ1n) is 5.40. The van der Waals surface area contributed by atoms with E-state index >= 15 is 0 Å². The number of nitrogens with zero attached hydrogens (tertiary/aromatic N) is 1. The minimum atomic E-state index is -1.03. The van der Waals surface area contributed by atoms with E-state index < -0.39 is 11.6 Å². The van der Waals surface area contributed by atoms with Gasteiger partial charge in [-0.25, -0.2) is 4.79 Å². The Morgan fingerprint density at radius 1 is 1.53 bits per heavy atom. The van der Waals surface area contributed by atoms with Crippen LogP contribution in [-0.2, 0) is 9.53 Å². The largest absolute Gasteiger partial charge is 0.480 e. The second-order valence-corrected chi connectivity index (χ2v) is 6.82. The van der Waals surface area contributed by atoms with E-state index in [1.165, 1.54) is 6.07 Å². The molecular formula is C11H11Cl2NO4S. The Labute approximate surface area is 123 Å². The maximum Gasteiger partial charge on any atom is 0.329 e. The summed E-state index contributed by atoms with van der Waals surface area (Å²) in [4.78, 5) is 24.1. The molecule has 1 N–H and O–H groups in total. The lowest BCUT2D eigenvalue weighted by Gasteiger charge is -2.47. The van der Waals surface area contributed by atoms with Gasteiger partial charge in [0.15, 0.2) is 0 Å². The average molecular weight is 324 g/mol. The van der Waals surface area contributed by atoms with Crippen LogP contribution < -0.4 is 0 Å². The van der Waals surface area contributed by atoms with E-state index in [0.29, 0.717) is 27.3 Å². The number of amides is 1. The number of ether oxygens (including phenoxy) is 1. The summed E-state index contributed by atoms with van der Waals surface area (Å²) in [5.74, 6) is -1.25. The zero-order chi connectivity index (χ0) is 14.2. The van der Waals surface area contributed by atoms with Crippen LogP contribution in [-0.4, -0.2) is 47.2 Å². The molecule has 2 rings (SSSR count). The Balaban J connectivity index is 1.95. The summed E-state index contributed by atoms with van der Waals surface area (Å²) in [5, 5.41) is 8.55. The SMILES string of the molecule is CC1(OCC(=O)O)CN(C(=O)c2cc(Cl)sc2Cl)C1. The van der Waals surface area contributed by atoms with Crippen molar-refractivity contribution in [2.24, 2.45) is 0 Å². The summed E-state index contributed by atoms with van der Waals surface area (Å²) in [6, 6.07) is 1.53. The fourth-order valence-corrected chi connectivity index (χ4v) is 3.34. The van der Waals surface area contributed by atoms with Gasteiger partial charge >= 0.3 is 5.97 Å². The van der Waals surface area contributed by atoms with Crippen molar-refractivity contribution in [3.05, 3.63) is 20.3 Å². The smallest absolute Gasteiger partial charge is 0.329 e. The topological polar surface area (TPSA) is 66.8 Å². The number of hydrogen-bond donors (Lipinski definition) is 1. The molecule has 0 aliphatic carbocycles. The quantitative estimate of drug-likeness (QED) is 0.923. The molecule has 1 fully saturated rings. The van der Waals surface area contributed by atoms with Crippen molar-refractivity contribution in [1.29, 1.82) is 0 Å². The number of halogens is 2. The number of carboxylic acids is 1. The van der Waals surface area contributed by atoms with Crippen LogP contribution in [0.5, 0.6) is 0 Å². The summed E-state index contributed by atoms with van der Waals surface area (Å²) in [6.45, 7) is 2.07. The van der Waals surface area contributed by atoms with Crippen molar-refractivity contribution < 1.29 is 19.4 Å². The zero-order valence-corrected chi connectivity index (χ0v) is 12.3. The molecule has 1 amide bonds. The fraction of sp³-hybridized carbons (Fsp3) is 0.455. The van der Waals surface area contributed by atoms with Gasteiger partial charge < -0.3 is 14.7 Å². The van der Waals surface area contributed by atoms with E-state index in [-0.39, 0.29) is 12.5 Å². The van der Waals surface area contributed by atoms with Gasteiger partial charge in [-0.1, -0.05) is 23.2 Å². The summed E-state index contributed by atoms with van der Waals surface area (Å²) < 4.78 is 6.04. The Morgan fingerprint density at radius 2 is 2.16 bits per heavy atom. The lowest BCUT2D eigenvalue weighted by molar-refractivity contribution is -0.159. The number of carbonyl (C=O) groups excluding carboxylic acids is 1. The van der Waals surface area contributed by atoms with E-state index in [1.54, 1.807) is 11.8 Å². The molecule has 1 aliphatic rings. The zero-order valence-electron chi connectivity index (χ0n) is 9.98. The molecule has 1 saturated heterocycles. The van der Waals surface area contributed by atoms with Gasteiger partial charge in [-0.2, -0.15) is 0 Å². The van der Waals surface area contributed by atoms with Crippen molar-refractivity contribution >= 4 is 46.4 Å². The van der Waals surface area contributed by atoms with Crippen molar-refractivity contribution in [3.8, 4) is 0 Å². The molecule has 1 aromatic rings. The van der Waals surface area contributed by atoms with Crippen LogP contribution in [0.15, 0.2) is 6.07 Å². The van der Waals surface area contributed by atoms with Crippen molar-refractivity contribution in [3.63, 3.8) is 0 Å². The normalized spacial score (nSPS) is 17.1. The molecule has 19 heavy (non-hydrogen) atoms. The first kappa shape index (κ1) is 14.6. The number of rotatable bonds is 4. The lowest BCUT2D eigenvalue weighted by Crippen LogP contribution is -2.63. The van der Waals surface area contributed by atoms with E-state index in [2.05, 4.69) is 0 Å². The number of likely N-dealkylation sites (tertiary alicyclic amines) is 1. The van der Waals surface area contributed by atoms with Crippen LogP contribution >= 0.6 is 34.5 Å². The predicted octanol–water partition coefficient (Wildman–Crippen LogP) is 2.37. The molecule has 0 unspecified atom stereocenters. The second-order valence-electron chi connectivity index (χ2n) is 4.53. The molecule has 2 heterocycles. The maximum atomic E-state index is 12.1. The molecule has 0 radical (unpaired) electrons. The van der Waals surface area contributed by atoms with Crippen LogP contribution in [0.1, 0.15) is 17.3 Å². The standard InChI is InChI=1S/C11H11Cl2NO4S/c1-11(18-3-8(15)16)4-14(5-11)10(17)6-2-7(12)19-9(6)13/h2H,3-5H2,1H3,(H,15,16). The van der Waals surface area contributed by atoms with E-state index in [9.17, 15) is 9.59 Å². The van der Waals surface area contributed by atoms with Gasteiger partial charge in [0.2, 0.25) is 0 Å². The third-order valence-electron chi connectivity index (χ3n) is 2.77. The van der Waals surface area contributed by atoms with Gasteiger partial charge in [-0.05, 0) is 13.0 Å². The highest BCUT2D eigenvalue weighted by Gasteiger charge is 2.43. The van der Waals surface area contributed by atoms with Crippen LogP contribution in [0, 0.1) is 0 Å². The Bertz CT molecular complexity index is 525. The highest BCUT2D eigenvalue weighted by atomic mass is 35.5. The third kappa shape index (κ3) is 3.20. The molecular weight excluding hydrogens is 313 g/mol. The third-order valence-corrected chi connectivity index (χ3v) is 4.26. The number of hydrogen-bond acceptors (Lipinski definition) is 4. The van der Waals surface area contributed by atoms with Gasteiger partial charge in [0.25, 0.3) is 5.91 Å². The Hall–Kier alpha value is -0.820. The van der Waals surface area contributed by atoms with E-state index in [1.807, 2.05) is 0 Å². The molecule has 1 aliphatic heterocycles. The number of carbonyl (C=O) groups is 2. The first-order chi connectivity index (χ1) is 8.81. The molecule has 0 saturated carbocycles. The minimum absolute atomic E-state index is 0.218. The van der Waals surface area contributed by atoms with Crippen LogP contribution in [0.3, 0.4) is 0 Å². The summed E-state index contributed by atoms with van der Waals surface area (Å²) >= 11 is 12.8. The Morgan fingerprint density at radius 3 is 2.63 bits per heavy atom. The molecule has 5 nitrogen and oxygen atoms in total. The second kappa shape index (κ2) is 5.28. The summed E-state index contributed by atoms with van der Waals surface area (Å²) in [6.07, 6.45) is 0. The molecule has 0 bridgehead atoms. The maximum absolute atomic E-state index is 12.1. The monoisotopic (exact) mass is 323 g/mol. The Kier molecular flexibility index (Phi) is 4.06. The van der Waals surface area contributed by atoms with Crippen molar-refractivity contribution in [2.75, 3.05) is 19.7 Å². The van der Waals surface area contributed by atoms with Gasteiger partial charge in [0.1, 0.15) is 16.5 Å². The van der Waals surface area contributed by atoms with Gasteiger partial charge in [-0.3, -0.25) is 4.79 Å². The number of carboxylic acid groups (broad SMARTS) is 1. The van der Waals surface area contributed by atoms with Crippen molar-refractivity contribution in [2.45, 2.75) is 12.5 Å². The van der Waals surface area contributed by atoms with Gasteiger partial charge in [0, 0.05) is 0 Å². The average Bonchev–Trinajstić information content (AvgIpc) is 2.61. The van der Waals surface area contributed by atoms with Crippen molar-refractivity contribution in [1.82, 2.24) is 4.90 Å². The van der Waals surface area contributed by atoms with Crippen LogP contribution in [0.2, 0.25) is 8.67 Å². The molecule has 0 atom stereocenters. The predicted molar refractivity (Wildman–Crippen MR) is 72.2 cm³/mol. The molecule has 104 valence electrons. The molecule has 1 aromatic heterocycles. The van der Waals surface area contributed by atoms with Gasteiger partial charge in [-0.15, -0.1) is 11.3 Å². The number of aliphatic carboxylic acids is 1. The van der Waals surface area contributed by atoms with E-state index in [0.717, 1.165) is 11.3 Å². The van der Waals surface area contributed by atoms with E-state index in [4.69, 9.17) is 33.0 Å².